The summed E-state index contributed by atoms with van der Waals surface area (Å²) in [6.45, 7) is 0. The largest absolute Gasteiger partial charge is 0.326 e. The minimum absolute atomic E-state index is 0.160. The zero-order chi connectivity index (χ0) is 13.2. The molecule has 1 aromatic carbocycles. The van der Waals surface area contributed by atoms with Crippen LogP contribution in [0, 0.1) is 9.49 Å². The lowest BCUT2D eigenvalue weighted by atomic mass is 9.89. The van der Waals surface area contributed by atoms with Gasteiger partial charge >= 0.3 is 0 Å². The lowest BCUT2D eigenvalue weighted by molar-refractivity contribution is -0.117. The Hall–Kier alpha value is -0.620. The summed E-state index contributed by atoms with van der Waals surface area (Å²) in [5, 5.41) is 6.62. The SMILES string of the molecule is O=C(CC1CC2CCC(C1)N2)Nc1ccc(I)cc1. The predicted octanol–water partition coefficient (Wildman–Crippen LogP) is 3.15. The Morgan fingerprint density at radius 1 is 1.21 bits per heavy atom. The van der Waals surface area contributed by atoms with Gasteiger partial charge in [0, 0.05) is 27.8 Å². The van der Waals surface area contributed by atoms with Gasteiger partial charge in [-0.15, -0.1) is 0 Å². The van der Waals surface area contributed by atoms with Crippen LogP contribution in [0.15, 0.2) is 24.3 Å². The Balaban J connectivity index is 1.52. The summed E-state index contributed by atoms with van der Waals surface area (Å²) in [5.74, 6) is 0.718. The standard InChI is InChI=1S/C15H19IN2O/c16-11-1-3-12(4-2-11)18-15(19)9-10-7-13-5-6-14(8-10)17-13/h1-4,10,13-14,17H,5-9H2,(H,18,19). The molecule has 3 rings (SSSR count). The molecule has 2 bridgehead atoms. The highest BCUT2D eigenvalue weighted by molar-refractivity contribution is 14.1. The van der Waals surface area contributed by atoms with Crippen molar-refractivity contribution in [2.24, 2.45) is 5.92 Å². The summed E-state index contributed by atoms with van der Waals surface area (Å²) in [4.78, 5) is 12.1. The number of carbonyl (C=O) groups excluding carboxylic acids is 1. The molecule has 0 aromatic heterocycles. The lowest BCUT2D eigenvalue weighted by Gasteiger charge is -2.28. The van der Waals surface area contributed by atoms with Crippen LogP contribution in [0.2, 0.25) is 0 Å². The number of rotatable bonds is 3. The third-order valence-corrected chi connectivity index (χ3v) is 4.89. The second-order valence-electron chi connectivity index (χ2n) is 5.73. The smallest absolute Gasteiger partial charge is 0.224 e. The molecule has 0 aliphatic carbocycles. The number of hydrogen-bond donors (Lipinski definition) is 2. The van der Waals surface area contributed by atoms with Crippen LogP contribution >= 0.6 is 22.6 Å². The van der Waals surface area contributed by atoms with Crippen LogP contribution in [-0.2, 0) is 4.79 Å². The fraction of sp³-hybridized carbons (Fsp3) is 0.533. The first-order chi connectivity index (χ1) is 9.19. The van der Waals surface area contributed by atoms with Crippen LogP contribution in [0.3, 0.4) is 0 Å². The average Bonchev–Trinajstić information content (AvgIpc) is 2.72. The molecule has 102 valence electrons. The number of piperidine rings is 1. The van der Waals surface area contributed by atoms with E-state index in [1.54, 1.807) is 0 Å². The van der Waals surface area contributed by atoms with Crippen molar-refractivity contribution < 1.29 is 4.79 Å². The van der Waals surface area contributed by atoms with Crippen molar-refractivity contribution in [2.75, 3.05) is 5.32 Å². The Morgan fingerprint density at radius 3 is 2.47 bits per heavy atom. The quantitative estimate of drug-likeness (QED) is 0.803. The number of halogens is 1. The molecule has 2 aliphatic rings. The molecule has 2 heterocycles. The monoisotopic (exact) mass is 370 g/mol. The highest BCUT2D eigenvalue weighted by Gasteiger charge is 2.34. The van der Waals surface area contributed by atoms with Gasteiger partial charge in [-0.2, -0.15) is 0 Å². The second-order valence-corrected chi connectivity index (χ2v) is 6.98. The predicted molar refractivity (Wildman–Crippen MR) is 85.1 cm³/mol. The fourth-order valence-corrected chi connectivity index (χ4v) is 3.71. The molecule has 3 nitrogen and oxygen atoms in total. The number of hydrogen-bond acceptors (Lipinski definition) is 2. The molecular formula is C15H19IN2O. The molecule has 4 heteroatoms. The zero-order valence-electron chi connectivity index (χ0n) is 10.9. The van der Waals surface area contributed by atoms with Crippen molar-refractivity contribution in [1.29, 1.82) is 0 Å². The average molecular weight is 370 g/mol. The van der Waals surface area contributed by atoms with Crippen LogP contribution in [0.4, 0.5) is 5.69 Å². The van der Waals surface area contributed by atoms with E-state index in [2.05, 4.69) is 33.2 Å². The molecule has 2 saturated heterocycles. The number of amides is 1. The van der Waals surface area contributed by atoms with Crippen molar-refractivity contribution in [1.82, 2.24) is 5.32 Å². The van der Waals surface area contributed by atoms with E-state index in [9.17, 15) is 4.79 Å². The number of benzene rings is 1. The minimum atomic E-state index is 0.160. The van der Waals surface area contributed by atoms with Crippen molar-refractivity contribution in [2.45, 2.75) is 44.2 Å². The van der Waals surface area contributed by atoms with Crippen LogP contribution < -0.4 is 10.6 Å². The molecule has 1 aromatic rings. The van der Waals surface area contributed by atoms with Gasteiger partial charge in [0.15, 0.2) is 0 Å². The van der Waals surface area contributed by atoms with E-state index in [4.69, 9.17) is 0 Å². The lowest BCUT2D eigenvalue weighted by Crippen LogP contribution is -2.39. The molecule has 2 aliphatic heterocycles. The Kier molecular flexibility index (Phi) is 4.07. The number of nitrogens with one attached hydrogen (secondary N) is 2. The van der Waals surface area contributed by atoms with E-state index in [1.165, 1.54) is 16.4 Å². The molecular weight excluding hydrogens is 351 g/mol. The molecule has 0 saturated carbocycles. The molecule has 19 heavy (non-hydrogen) atoms. The van der Waals surface area contributed by atoms with Gasteiger partial charge in [0.05, 0.1) is 0 Å². The molecule has 0 spiro atoms. The third-order valence-electron chi connectivity index (χ3n) is 4.17. The van der Waals surface area contributed by atoms with Crippen LogP contribution in [-0.4, -0.2) is 18.0 Å². The highest BCUT2D eigenvalue weighted by Crippen LogP contribution is 2.32. The molecule has 2 N–H and O–H groups in total. The first-order valence-electron chi connectivity index (χ1n) is 7.00. The minimum Gasteiger partial charge on any atom is -0.326 e. The van der Waals surface area contributed by atoms with E-state index in [0.717, 1.165) is 18.5 Å². The van der Waals surface area contributed by atoms with Gasteiger partial charge in [-0.25, -0.2) is 0 Å². The summed E-state index contributed by atoms with van der Waals surface area (Å²) in [7, 11) is 0. The normalized spacial score (nSPS) is 29.2. The summed E-state index contributed by atoms with van der Waals surface area (Å²) in [6, 6.07) is 9.28. The number of carbonyl (C=O) groups is 1. The van der Waals surface area contributed by atoms with Gasteiger partial charge in [-0.3, -0.25) is 4.79 Å². The molecule has 2 atom stereocenters. The van der Waals surface area contributed by atoms with Crippen LogP contribution in [0.1, 0.15) is 32.1 Å². The maximum absolute atomic E-state index is 12.1. The summed E-state index contributed by atoms with van der Waals surface area (Å²) < 4.78 is 1.19. The van der Waals surface area contributed by atoms with Gasteiger partial charge in [0.2, 0.25) is 5.91 Å². The maximum Gasteiger partial charge on any atom is 0.224 e. The maximum atomic E-state index is 12.1. The Labute approximate surface area is 127 Å². The summed E-state index contributed by atoms with van der Waals surface area (Å²) in [5.41, 5.74) is 0.905. The first-order valence-corrected chi connectivity index (χ1v) is 8.08. The van der Waals surface area contributed by atoms with Gasteiger partial charge in [0.1, 0.15) is 0 Å². The zero-order valence-corrected chi connectivity index (χ0v) is 13.0. The molecule has 2 fully saturated rings. The summed E-state index contributed by atoms with van der Waals surface area (Å²) >= 11 is 2.27. The first kappa shape index (κ1) is 13.4. The van der Waals surface area contributed by atoms with Crippen LogP contribution in [0.5, 0.6) is 0 Å². The molecule has 2 unspecified atom stereocenters. The Bertz CT molecular complexity index is 448. The number of fused-ring (bicyclic) bond motifs is 2. The van der Waals surface area contributed by atoms with Crippen LogP contribution in [0.25, 0.3) is 0 Å². The topological polar surface area (TPSA) is 41.1 Å². The van der Waals surface area contributed by atoms with E-state index < -0.39 is 0 Å². The Morgan fingerprint density at radius 2 is 1.84 bits per heavy atom. The van der Waals surface area contributed by atoms with Gasteiger partial charge in [0.25, 0.3) is 0 Å². The van der Waals surface area contributed by atoms with Crippen molar-refractivity contribution >= 4 is 34.2 Å². The van der Waals surface area contributed by atoms with E-state index >= 15 is 0 Å². The van der Waals surface area contributed by atoms with Gasteiger partial charge in [-0.1, -0.05) is 0 Å². The van der Waals surface area contributed by atoms with E-state index in [1.807, 2.05) is 24.3 Å². The van der Waals surface area contributed by atoms with Gasteiger partial charge < -0.3 is 10.6 Å². The van der Waals surface area contributed by atoms with Crippen molar-refractivity contribution in [3.05, 3.63) is 27.8 Å². The van der Waals surface area contributed by atoms with Crippen molar-refractivity contribution in [3.8, 4) is 0 Å². The van der Waals surface area contributed by atoms with Crippen molar-refractivity contribution in [3.63, 3.8) is 0 Å². The fourth-order valence-electron chi connectivity index (χ4n) is 3.35. The highest BCUT2D eigenvalue weighted by atomic mass is 127. The van der Waals surface area contributed by atoms with E-state index in [0.29, 0.717) is 24.4 Å². The molecule has 0 radical (unpaired) electrons. The summed E-state index contributed by atoms with van der Waals surface area (Å²) in [6.07, 6.45) is 5.58. The number of anilines is 1. The molecule has 1 amide bonds. The van der Waals surface area contributed by atoms with Gasteiger partial charge in [-0.05, 0) is 78.5 Å². The second kappa shape index (κ2) is 5.79. The third kappa shape index (κ3) is 3.48. The van der Waals surface area contributed by atoms with E-state index in [-0.39, 0.29) is 5.91 Å².